The molecular weight excluding hydrogens is 423 g/mol. The van der Waals surface area contributed by atoms with E-state index in [4.69, 9.17) is 10.5 Å². The number of benzene rings is 1. The van der Waals surface area contributed by atoms with Crippen molar-refractivity contribution in [3.8, 4) is 16.9 Å². The van der Waals surface area contributed by atoms with Gasteiger partial charge in [0.1, 0.15) is 11.6 Å². The van der Waals surface area contributed by atoms with Gasteiger partial charge in [0.2, 0.25) is 5.91 Å². The normalized spacial score (nSPS) is 18.0. The van der Waals surface area contributed by atoms with Crippen LogP contribution in [-0.4, -0.2) is 31.1 Å². The topological polar surface area (TPSA) is 89.3 Å². The molecule has 4 N–H and O–H groups in total. The van der Waals surface area contributed by atoms with Gasteiger partial charge in [-0.1, -0.05) is 6.07 Å². The van der Waals surface area contributed by atoms with Gasteiger partial charge >= 0.3 is 0 Å². The Kier molecular flexibility index (Phi) is 10.4. The fourth-order valence-corrected chi connectivity index (χ4v) is 3.94. The first-order valence-electron chi connectivity index (χ1n) is 9.87. The Morgan fingerprint density at radius 3 is 2.47 bits per heavy atom. The number of carbonyl (C=O) groups excluding carboxylic acids is 1. The molecule has 0 bridgehead atoms. The molecule has 166 valence electrons. The van der Waals surface area contributed by atoms with Crippen LogP contribution in [0.25, 0.3) is 11.1 Å². The van der Waals surface area contributed by atoms with Crippen molar-refractivity contribution in [3.63, 3.8) is 0 Å². The molecule has 6 nitrogen and oxygen atoms in total. The van der Waals surface area contributed by atoms with Gasteiger partial charge in [-0.2, -0.15) is 0 Å². The summed E-state index contributed by atoms with van der Waals surface area (Å²) in [5.41, 5.74) is 9.65. The summed E-state index contributed by atoms with van der Waals surface area (Å²) in [6.07, 6.45) is 3.98. The number of hydrogen-bond donors (Lipinski definition) is 3. The number of anilines is 1. The maximum absolute atomic E-state index is 12.6. The Morgan fingerprint density at radius 2 is 1.87 bits per heavy atom. The molecule has 1 aliphatic carbocycles. The smallest absolute Gasteiger partial charge is 0.223 e. The summed E-state index contributed by atoms with van der Waals surface area (Å²) in [6.45, 7) is 2.39. The molecular formula is C22H32Cl2N4O2. The average Bonchev–Trinajstić information content (AvgIpc) is 2.72. The van der Waals surface area contributed by atoms with Crippen molar-refractivity contribution in [1.82, 2.24) is 15.6 Å². The van der Waals surface area contributed by atoms with E-state index in [1.54, 1.807) is 13.2 Å². The monoisotopic (exact) mass is 454 g/mol. The molecule has 3 rings (SSSR count). The summed E-state index contributed by atoms with van der Waals surface area (Å²) in [6, 6.07) is 10.3. The van der Waals surface area contributed by atoms with Gasteiger partial charge in [-0.05, 0) is 69.5 Å². The van der Waals surface area contributed by atoms with E-state index in [0.29, 0.717) is 18.4 Å². The lowest BCUT2D eigenvalue weighted by atomic mass is 9.85. The highest BCUT2D eigenvalue weighted by Crippen LogP contribution is 2.29. The number of amides is 1. The zero-order chi connectivity index (χ0) is 20.1. The van der Waals surface area contributed by atoms with Crippen LogP contribution in [0.15, 0.2) is 30.3 Å². The van der Waals surface area contributed by atoms with Crippen LogP contribution in [0.1, 0.15) is 36.9 Å². The van der Waals surface area contributed by atoms with Gasteiger partial charge in [0.05, 0.1) is 7.11 Å². The average molecular weight is 455 g/mol. The highest BCUT2D eigenvalue weighted by Gasteiger charge is 2.25. The largest absolute Gasteiger partial charge is 0.496 e. The highest BCUT2D eigenvalue weighted by molar-refractivity contribution is 5.85. The molecule has 1 heterocycles. The number of nitrogens with two attached hydrogens (primary N) is 1. The van der Waals surface area contributed by atoms with Crippen molar-refractivity contribution < 1.29 is 9.53 Å². The number of rotatable bonds is 6. The number of nitrogens with zero attached hydrogens (tertiary/aromatic N) is 1. The zero-order valence-electron chi connectivity index (χ0n) is 17.7. The Bertz CT molecular complexity index is 840. The molecule has 0 aliphatic heterocycles. The SMILES string of the molecule is CNC1CCC(C(=O)NCc2cc(-c3ccc(N)nc3C)ccc2OC)CC1.Cl.Cl. The summed E-state index contributed by atoms with van der Waals surface area (Å²) in [5, 5.41) is 6.41. The number of hydrogen-bond acceptors (Lipinski definition) is 5. The van der Waals surface area contributed by atoms with Crippen LogP contribution >= 0.6 is 24.8 Å². The van der Waals surface area contributed by atoms with E-state index in [0.717, 1.165) is 53.8 Å². The first-order valence-corrected chi connectivity index (χ1v) is 9.87. The molecule has 0 radical (unpaired) electrons. The van der Waals surface area contributed by atoms with Crippen molar-refractivity contribution in [1.29, 1.82) is 0 Å². The van der Waals surface area contributed by atoms with Gasteiger partial charge in [0.25, 0.3) is 0 Å². The molecule has 1 aliphatic rings. The molecule has 0 spiro atoms. The maximum atomic E-state index is 12.6. The van der Waals surface area contributed by atoms with Gasteiger partial charge < -0.3 is 21.1 Å². The molecule has 0 saturated heterocycles. The number of carbonyl (C=O) groups is 1. The Morgan fingerprint density at radius 1 is 1.17 bits per heavy atom. The van der Waals surface area contributed by atoms with Gasteiger partial charge in [-0.3, -0.25) is 4.79 Å². The molecule has 1 saturated carbocycles. The number of pyridine rings is 1. The highest BCUT2D eigenvalue weighted by atomic mass is 35.5. The van der Waals surface area contributed by atoms with Crippen LogP contribution in [-0.2, 0) is 11.3 Å². The summed E-state index contributed by atoms with van der Waals surface area (Å²) in [5.74, 6) is 1.51. The maximum Gasteiger partial charge on any atom is 0.223 e. The number of aryl methyl sites for hydroxylation is 1. The van der Waals surface area contributed by atoms with Crippen LogP contribution in [0, 0.1) is 12.8 Å². The molecule has 1 amide bonds. The van der Waals surface area contributed by atoms with E-state index in [9.17, 15) is 4.79 Å². The molecule has 0 unspecified atom stereocenters. The summed E-state index contributed by atoms with van der Waals surface area (Å²) >= 11 is 0. The standard InChI is InChI=1S/C22H30N4O2.2ClH/c1-14-19(9-11-21(23)26-14)16-6-10-20(28-3)17(12-16)13-25-22(27)15-4-7-18(24-2)8-5-15;;/h6,9-12,15,18,24H,4-5,7-8,13H2,1-3H3,(H2,23,26)(H,25,27);2*1H. The third-order valence-electron chi connectivity index (χ3n) is 5.66. The van der Waals surface area contributed by atoms with Gasteiger partial charge in [-0.15, -0.1) is 24.8 Å². The second-order valence-electron chi connectivity index (χ2n) is 7.45. The third-order valence-corrected chi connectivity index (χ3v) is 5.66. The Hall–Kier alpha value is -2.02. The number of nitrogen functional groups attached to an aromatic ring is 1. The number of nitrogens with one attached hydrogen (secondary N) is 2. The van der Waals surface area contributed by atoms with Crippen molar-refractivity contribution >= 4 is 36.5 Å². The van der Waals surface area contributed by atoms with Crippen LogP contribution in [0.2, 0.25) is 0 Å². The number of halogens is 2. The Balaban J connectivity index is 0.00000225. The molecule has 2 aromatic rings. The van der Waals surface area contributed by atoms with E-state index in [1.165, 1.54) is 0 Å². The van der Waals surface area contributed by atoms with Gasteiger partial charge in [-0.25, -0.2) is 4.98 Å². The van der Waals surface area contributed by atoms with Crippen molar-refractivity contribution in [3.05, 3.63) is 41.6 Å². The molecule has 8 heteroatoms. The lowest BCUT2D eigenvalue weighted by Crippen LogP contribution is -2.37. The molecule has 0 atom stereocenters. The first kappa shape index (κ1) is 26.0. The fourth-order valence-electron chi connectivity index (χ4n) is 3.94. The Labute approximate surface area is 191 Å². The zero-order valence-corrected chi connectivity index (χ0v) is 19.4. The van der Waals surface area contributed by atoms with E-state index >= 15 is 0 Å². The molecule has 1 fully saturated rings. The molecule has 1 aromatic heterocycles. The van der Waals surface area contributed by atoms with Crippen LogP contribution in [0.4, 0.5) is 5.82 Å². The third kappa shape index (κ3) is 6.24. The van der Waals surface area contributed by atoms with Gasteiger partial charge in [0.15, 0.2) is 0 Å². The van der Waals surface area contributed by atoms with Crippen LogP contribution in [0.5, 0.6) is 5.75 Å². The van der Waals surface area contributed by atoms with E-state index in [-0.39, 0.29) is 36.6 Å². The lowest BCUT2D eigenvalue weighted by molar-refractivity contribution is -0.126. The summed E-state index contributed by atoms with van der Waals surface area (Å²) < 4.78 is 5.50. The van der Waals surface area contributed by atoms with Crippen molar-refractivity contribution in [2.45, 2.75) is 45.2 Å². The predicted octanol–water partition coefficient (Wildman–Crippen LogP) is 3.89. The van der Waals surface area contributed by atoms with Crippen molar-refractivity contribution in [2.75, 3.05) is 19.9 Å². The minimum atomic E-state index is 0. The molecule has 30 heavy (non-hydrogen) atoms. The van der Waals surface area contributed by atoms with E-state index in [1.807, 2.05) is 32.2 Å². The second-order valence-corrected chi connectivity index (χ2v) is 7.45. The predicted molar refractivity (Wildman–Crippen MR) is 127 cm³/mol. The lowest BCUT2D eigenvalue weighted by Gasteiger charge is -2.27. The summed E-state index contributed by atoms with van der Waals surface area (Å²) in [4.78, 5) is 17.0. The van der Waals surface area contributed by atoms with E-state index < -0.39 is 0 Å². The minimum absolute atomic E-state index is 0. The molecule has 1 aromatic carbocycles. The first-order chi connectivity index (χ1) is 13.5. The van der Waals surface area contributed by atoms with Crippen LogP contribution < -0.4 is 21.1 Å². The number of methoxy groups -OCH3 is 1. The van der Waals surface area contributed by atoms with Crippen LogP contribution in [0.3, 0.4) is 0 Å². The second kappa shape index (κ2) is 12.0. The van der Waals surface area contributed by atoms with Crippen molar-refractivity contribution in [2.24, 2.45) is 5.92 Å². The summed E-state index contributed by atoms with van der Waals surface area (Å²) in [7, 11) is 3.64. The minimum Gasteiger partial charge on any atom is -0.496 e. The van der Waals surface area contributed by atoms with E-state index in [2.05, 4.69) is 21.7 Å². The number of aromatic nitrogens is 1. The quantitative estimate of drug-likeness (QED) is 0.615. The number of ether oxygens (including phenoxy) is 1. The van der Waals surface area contributed by atoms with Gasteiger partial charge in [0, 0.05) is 35.3 Å². The fraction of sp³-hybridized carbons (Fsp3) is 0.455.